The fourth-order valence-electron chi connectivity index (χ4n) is 2.06. The van der Waals surface area contributed by atoms with Gasteiger partial charge in [-0.3, -0.25) is 0 Å². The second kappa shape index (κ2) is 5.22. The zero-order valence-electron chi connectivity index (χ0n) is 9.97. The topological polar surface area (TPSA) is 37.0 Å². The Bertz CT molecular complexity index is 585. The largest absolute Gasteiger partial charge is 0.359 e. The minimum absolute atomic E-state index is 0.143. The lowest BCUT2D eigenvalue weighted by Gasteiger charge is -2.08. The minimum Gasteiger partial charge on any atom is -0.359 e. The average Bonchev–Trinajstić information content (AvgIpc) is 2.94. The van der Waals surface area contributed by atoms with Crippen LogP contribution in [0.3, 0.4) is 0 Å². The van der Waals surface area contributed by atoms with Gasteiger partial charge in [-0.15, -0.1) is 11.3 Å². The van der Waals surface area contributed by atoms with Crippen molar-refractivity contribution in [1.82, 2.24) is 10.3 Å². The first kappa shape index (κ1) is 12.5. The van der Waals surface area contributed by atoms with Gasteiger partial charge >= 0.3 is 0 Å². The first-order valence-corrected chi connectivity index (χ1v) is 7.24. The van der Waals surface area contributed by atoms with E-state index < -0.39 is 0 Å². The molecule has 2 atom stereocenters. The van der Waals surface area contributed by atoms with Crippen LogP contribution >= 0.6 is 23.6 Å². The number of anilines is 1. The van der Waals surface area contributed by atoms with Crippen molar-refractivity contribution in [2.45, 2.75) is 18.4 Å². The monoisotopic (exact) mass is 293 g/mol. The van der Waals surface area contributed by atoms with Crippen molar-refractivity contribution in [1.29, 1.82) is 0 Å². The number of rotatable bonds is 3. The van der Waals surface area contributed by atoms with Crippen molar-refractivity contribution >= 4 is 33.8 Å². The maximum atomic E-state index is 13.6. The molecule has 1 fully saturated rings. The van der Waals surface area contributed by atoms with Crippen molar-refractivity contribution in [3.63, 3.8) is 0 Å². The van der Waals surface area contributed by atoms with Gasteiger partial charge in [-0.25, -0.2) is 9.37 Å². The molecule has 1 aliphatic rings. The van der Waals surface area contributed by atoms with Gasteiger partial charge in [0.15, 0.2) is 10.2 Å². The van der Waals surface area contributed by atoms with Gasteiger partial charge in [0.1, 0.15) is 5.82 Å². The van der Waals surface area contributed by atoms with Crippen LogP contribution in [0.1, 0.15) is 17.9 Å². The van der Waals surface area contributed by atoms with Crippen LogP contribution in [-0.2, 0) is 0 Å². The molecule has 1 aliphatic carbocycles. The molecule has 2 unspecified atom stereocenters. The van der Waals surface area contributed by atoms with Crippen LogP contribution in [0.5, 0.6) is 0 Å². The second-order valence-corrected chi connectivity index (χ2v) is 5.71. The van der Waals surface area contributed by atoms with Gasteiger partial charge in [-0.05, 0) is 30.3 Å². The van der Waals surface area contributed by atoms with Crippen molar-refractivity contribution in [3.8, 4) is 0 Å². The van der Waals surface area contributed by atoms with E-state index in [2.05, 4.69) is 15.6 Å². The molecule has 1 heterocycles. The van der Waals surface area contributed by atoms with Gasteiger partial charge in [-0.1, -0.05) is 18.2 Å². The Morgan fingerprint density at radius 3 is 3.00 bits per heavy atom. The van der Waals surface area contributed by atoms with Crippen LogP contribution in [0.2, 0.25) is 0 Å². The highest BCUT2D eigenvalue weighted by atomic mass is 32.1. The van der Waals surface area contributed by atoms with E-state index in [1.54, 1.807) is 12.3 Å². The lowest BCUT2D eigenvalue weighted by molar-refractivity contribution is 0.608. The maximum Gasteiger partial charge on any atom is 0.188 e. The average molecular weight is 293 g/mol. The summed E-state index contributed by atoms with van der Waals surface area (Å²) in [5.74, 6) is 0.0628. The Morgan fingerprint density at radius 1 is 1.42 bits per heavy atom. The van der Waals surface area contributed by atoms with Crippen LogP contribution in [-0.4, -0.2) is 16.1 Å². The van der Waals surface area contributed by atoms with Gasteiger partial charge in [0.05, 0.1) is 0 Å². The summed E-state index contributed by atoms with van der Waals surface area (Å²) in [5.41, 5.74) is 0.761. The molecule has 0 amide bonds. The summed E-state index contributed by atoms with van der Waals surface area (Å²) in [6.07, 6.45) is 2.62. The quantitative estimate of drug-likeness (QED) is 0.853. The Morgan fingerprint density at radius 2 is 2.26 bits per heavy atom. The van der Waals surface area contributed by atoms with Crippen molar-refractivity contribution < 1.29 is 4.39 Å². The first-order valence-electron chi connectivity index (χ1n) is 5.95. The third-order valence-electron chi connectivity index (χ3n) is 3.06. The summed E-state index contributed by atoms with van der Waals surface area (Å²) in [7, 11) is 0. The van der Waals surface area contributed by atoms with E-state index >= 15 is 0 Å². The molecule has 19 heavy (non-hydrogen) atoms. The van der Waals surface area contributed by atoms with Gasteiger partial charge < -0.3 is 10.6 Å². The molecule has 0 spiro atoms. The molecule has 6 heteroatoms. The molecule has 1 aromatic heterocycles. The number of nitrogens with one attached hydrogen (secondary N) is 2. The Balaban J connectivity index is 1.56. The van der Waals surface area contributed by atoms with E-state index in [-0.39, 0.29) is 17.8 Å². The number of nitrogens with zero attached hydrogens (tertiary/aromatic N) is 1. The number of thiazole rings is 1. The summed E-state index contributed by atoms with van der Waals surface area (Å²) >= 11 is 6.69. The fraction of sp³-hybridized carbons (Fsp3) is 0.231. The molecule has 0 aliphatic heterocycles. The number of aromatic nitrogens is 1. The van der Waals surface area contributed by atoms with Crippen LogP contribution < -0.4 is 10.6 Å². The highest BCUT2D eigenvalue weighted by Crippen LogP contribution is 2.41. The van der Waals surface area contributed by atoms with Crippen molar-refractivity contribution in [2.75, 3.05) is 5.32 Å². The highest BCUT2D eigenvalue weighted by Gasteiger charge is 2.40. The fourth-order valence-corrected chi connectivity index (χ4v) is 2.91. The molecular weight excluding hydrogens is 281 g/mol. The zero-order chi connectivity index (χ0) is 13.2. The second-order valence-electron chi connectivity index (χ2n) is 4.41. The van der Waals surface area contributed by atoms with Crippen LogP contribution in [0.15, 0.2) is 35.8 Å². The Labute approximate surface area is 119 Å². The summed E-state index contributed by atoms with van der Waals surface area (Å²) in [5, 5.41) is 9.39. The summed E-state index contributed by atoms with van der Waals surface area (Å²) in [6.45, 7) is 0. The van der Waals surface area contributed by atoms with E-state index in [1.807, 2.05) is 17.5 Å². The van der Waals surface area contributed by atoms with Crippen molar-refractivity contribution in [3.05, 3.63) is 47.2 Å². The number of hydrogen-bond acceptors (Lipinski definition) is 3. The Kier molecular flexibility index (Phi) is 3.44. The highest BCUT2D eigenvalue weighted by molar-refractivity contribution is 7.80. The lowest BCUT2D eigenvalue weighted by atomic mass is 10.1. The lowest BCUT2D eigenvalue weighted by Crippen LogP contribution is -2.31. The van der Waals surface area contributed by atoms with Crippen LogP contribution in [0.25, 0.3) is 0 Å². The van der Waals surface area contributed by atoms with Gasteiger partial charge in [-0.2, -0.15) is 0 Å². The van der Waals surface area contributed by atoms with E-state index in [0.29, 0.717) is 5.11 Å². The molecule has 2 aromatic rings. The van der Waals surface area contributed by atoms with Gasteiger partial charge in [0.25, 0.3) is 0 Å². The molecule has 0 radical (unpaired) electrons. The Hall–Kier alpha value is -1.53. The molecule has 1 saturated carbocycles. The standard InChI is InChI=1S/C13H12FN3S2/c14-10-4-2-1-3-8(10)9-7-11(9)16-12(18)17-13-15-5-6-19-13/h1-6,9,11H,7H2,(H2,15,16,17,18). The van der Waals surface area contributed by atoms with Crippen LogP contribution in [0.4, 0.5) is 9.52 Å². The predicted octanol–water partition coefficient (Wildman–Crippen LogP) is 3.12. The normalized spacial score (nSPS) is 20.9. The SMILES string of the molecule is Fc1ccccc1C1CC1NC(=S)Nc1nccs1. The van der Waals surface area contributed by atoms with Gasteiger partial charge in [0.2, 0.25) is 0 Å². The van der Waals surface area contributed by atoms with Crippen molar-refractivity contribution in [2.24, 2.45) is 0 Å². The molecule has 1 aromatic carbocycles. The zero-order valence-corrected chi connectivity index (χ0v) is 11.6. The van der Waals surface area contributed by atoms with Crippen LogP contribution in [0, 0.1) is 5.82 Å². The molecule has 0 saturated heterocycles. The number of thiocarbonyl (C=S) groups is 1. The summed E-state index contributed by atoms with van der Waals surface area (Å²) < 4.78 is 13.6. The predicted molar refractivity (Wildman–Crippen MR) is 79.0 cm³/mol. The minimum atomic E-state index is -0.143. The van der Waals surface area contributed by atoms with E-state index in [9.17, 15) is 4.39 Å². The van der Waals surface area contributed by atoms with Gasteiger partial charge in [0, 0.05) is 23.5 Å². The molecule has 98 valence electrons. The number of benzene rings is 1. The number of hydrogen-bond donors (Lipinski definition) is 2. The number of halogens is 1. The smallest absolute Gasteiger partial charge is 0.188 e. The first-order chi connectivity index (χ1) is 9.24. The van der Waals surface area contributed by atoms with E-state index in [0.717, 1.165) is 17.1 Å². The maximum absolute atomic E-state index is 13.6. The molecule has 3 rings (SSSR count). The molecule has 0 bridgehead atoms. The van der Waals surface area contributed by atoms with E-state index in [1.165, 1.54) is 17.4 Å². The summed E-state index contributed by atoms with van der Waals surface area (Å²) in [6, 6.07) is 7.10. The van der Waals surface area contributed by atoms with E-state index in [4.69, 9.17) is 12.2 Å². The molecule has 3 nitrogen and oxygen atoms in total. The molecular formula is C13H12FN3S2. The molecule has 2 N–H and O–H groups in total. The third kappa shape index (κ3) is 2.90. The third-order valence-corrected chi connectivity index (χ3v) is 3.97. The summed E-state index contributed by atoms with van der Waals surface area (Å²) in [4.78, 5) is 4.10.